The van der Waals surface area contributed by atoms with Gasteiger partial charge >= 0.3 is 6.18 Å². The van der Waals surface area contributed by atoms with Crippen molar-refractivity contribution in [2.75, 3.05) is 5.73 Å². The zero-order valence-electron chi connectivity index (χ0n) is 17.5. The van der Waals surface area contributed by atoms with Gasteiger partial charge in [-0.2, -0.15) is 17.9 Å². The molecule has 11 heteroatoms. The molecule has 2 aliphatic rings. The van der Waals surface area contributed by atoms with Gasteiger partial charge < -0.3 is 10.6 Å². The lowest BCUT2D eigenvalue weighted by Crippen LogP contribution is -2.66. The minimum atomic E-state index is -5.40. The second-order valence-corrected chi connectivity index (χ2v) is 10.6. The third-order valence-corrected chi connectivity index (χ3v) is 6.95. The molecule has 1 aliphatic carbocycles. The molecule has 0 bridgehead atoms. The molecule has 0 radical (unpaired) electrons. The monoisotopic (exact) mass is 459 g/mol. The quantitative estimate of drug-likeness (QED) is 0.673. The second-order valence-electron chi connectivity index (χ2n) is 8.95. The van der Waals surface area contributed by atoms with Crippen LogP contribution in [0, 0.1) is 5.41 Å². The standard InChI is InChI=1S/C20H24F3N3O4S/c1-11(2)26-14-9-18(3,4)10-15(27)16(14)19(17(26)28,20(21,22)23)25-31(29,30)13-7-5-12(24)6-8-13/h5-8,11,25H,9-10,24H2,1-4H3. The number of Topliss-reactive ketones (excluding diaryl/α,β-unsaturated/α-hetero) is 1. The molecule has 31 heavy (non-hydrogen) atoms. The molecule has 0 fully saturated rings. The molecule has 1 aromatic rings. The van der Waals surface area contributed by atoms with E-state index in [-0.39, 0.29) is 24.2 Å². The maximum absolute atomic E-state index is 14.6. The van der Waals surface area contributed by atoms with Gasteiger partial charge in [-0.15, -0.1) is 0 Å². The molecular formula is C20H24F3N3O4S. The summed E-state index contributed by atoms with van der Waals surface area (Å²) in [7, 11) is -4.85. The molecule has 3 rings (SSSR count). The maximum Gasteiger partial charge on any atom is 0.421 e. The van der Waals surface area contributed by atoms with Gasteiger partial charge in [0.25, 0.3) is 5.91 Å². The Hall–Kier alpha value is -2.40. The first-order chi connectivity index (χ1) is 14.0. The van der Waals surface area contributed by atoms with E-state index in [1.165, 1.54) is 26.0 Å². The van der Waals surface area contributed by atoms with Crippen LogP contribution in [0.1, 0.15) is 40.5 Å². The number of halogens is 3. The number of alkyl halides is 3. The zero-order valence-corrected chi connectivity index (χ0v) is 18.3. The third kappa shape index (κ3) is 3.63. The predicted molar refractivity (Wildman–Crippen MR) is 107 cm³/mol. The number of hydrogen-bond donors (Lipinski definition) is 2. The van der Waals surface area contributed by atoms with Crippen LogP contribution in [-0.2, 0) is 19.6 Å². The number of hydrogen-bond acceptors (Lipinski definition) is 5. The molecule has 1 amide bonds. The van der Waals surface area contributed by atoms with Gasteiger partial charge in [-0.1, -0.05) is 13.8 Å². The summed E-state index contributed by atoms with van der Waals surface area (Å²) in [5.41, 5.74) is 0.441. The molecule has 1 aromatic carbocycles. The predicted octanol–water partition coefficient (Wildman–Crippen LogP) is 2.74. The first-order valence-corrected chi connectivity index (χ1v) is 11.1. The molecule has 0 saturated heterocycles. The fraction of sp³-hybridized carbons (Fsp3) is 0.500. The van der Waals surface area contributed by atoms with Crippen molar-refractivity contribution in [3.8, 4) is 0 Å². The lowest BCUT2D eigenvalue weighted by Gasteiger charge is -2.35. The Bertz CT molecular complexity index is 1080. The Balaban J connectivity index is 2.28. The van der Waals surface area contributed by atoms with E-state index >= 15 is 0 Å². The van der Waals surface area contributed by atoms with Crippen molar-refractivity contribution >= 4 is 27.4 Å². The minimum absolute atomic E-state index is 0.0272. The van der Waals surface area contributed by atoms with Crippen LogP contribution >= 0.6 is 0 Å². The SMILES string of the molecule is CC(C)N1C(=O)C(NS(=O)(=O)c2ccc(N)cc2)(C(F)(F)F)C2=C1CC(C)(C)CC2=O. The summed E-state index contributed by atoms with van der Waals surface area (Å²) in [5, 5.41) is 0. The van der Waals surface area contributed by atoms with E-state index in [4.69, 9.17) is 5.73 Å². The van der Waals surface area contributed by atoms with Crippen LogP contribution in [-0.4, -0.2) is 42.8 Å². The normalized spacial score (nSPS) is 24.2. The first kappa shape index (κ1) is 23.3. The summed E-state index contributed by atoms with van der Waals surface area (Å²) in [5.74, 6) is -2.43. The van der Waals surface area contributed by atoms with Crippen molar-refractivity contribution in [2.24, 2.45) is 5.41 Å². The fourth-order valence-corrected chi connectivity index (χ4v) is 5.52. The van der Waals surface area contributed by atoms with E-state index in [9.17, 15) is 31.2 Å². The molecule has 0 saturated carbocycles. The number of carbonyl (C=O) groups is 2. The molecule has 7 nitrogen and oxygen atoms in total. The number of carbonyl (C=O) groups excluding carboxylic acids is 2. The van der Waals surface area contributed by atoms with Crippen LogP contribution in [0.5, 0.6) is 0 Å². The number of nitrogens with zero attached hydrogens (tertiary/aromatic N) is 1. The molecule has 1 atom stereocenters. The van der Waals surface area contributed by atoms with Crippen LogP contribution in [0.15, 0.2) is 40.4 Å². The lowest BCUT2D eigenvalue weighted by molar-refractivity contribution is -0.189. The second kappa shape index (κ2) is 7.06. The van der Waals surface area contributed by atoms with E-state index in [0.717, 1.165) is 17.0 Å². The Kier molecular flexibility index (Phi) is 5.30. The number of nitrogens with two attached hydrogens (primary N) is 1. The summed E-state index contributed by atoms with van der Waals surface area (Å²) >= 11 is 0. The highest BCUT2D eigenvalue weighted by molar-refractivity contribution is 7.89. The molecule has 1 unspecified atom stereocenters. The molecule has 1 heterocycles. The average molecular weight is 459 g/mol. The fourth-order valence-electron chi connectivity index (χ4n) is 4.20. The molecule has 0 spiro atoms. The smallest absolute Gasteiger partial charge is 0.399 e. The van der Waals surface area contributed by atoms with E-state index in [2.05, 4.69) is 0 Å². The van der Waals surface area contributed by atoms with Crippen LogP contribution in [0.25, 0.3) is 0 Å². The summed E-state index contributed by atoms with van der Waals surface area (Å²) in [6.07, 6.45) is -5.61. The summed E-state index contributed by atoms with van der Waals surface area (Å²) in [6.45, 7) is 6.44. The van der Waals surface area contributed by atoms with Crippen LogP contribution in [0.2, 0.25) is 0 Å². The van der Waals surface area contributed by atoms with Gasteiger partial charge in [0.15, 0.2) is 5.78 Å². The van der Waals surface area contributed by atoms with Gasteiger partial charge in [0.05, 0.1) is 10.5 Å². The summed E-state index contributed by atoms with van der Waals surface area (Å²) in [4.78, 5) is 26.6. The van der Waals surface area contributed by atoms with Crippen molar-refractivity contribution in [3.05, 3.63) is 35.5 Å². The number of rotatable bonds is 4. The van der Waals surface area contributed by atoms with E-state index in [1.54, 1.807) is 18.6 Å². The number of amides is 1. The number of benzene rings is 1. The highest BCUT2D eigenvalue weighted by atomic mass is 32.2. The third-order valence-electron chi connectivity index (χ3n) is 5.48. The van der Waals surface area contributed by atoms with Gasteiger partial charge in [0, 0.05) is 23.8 Å². The van der Waals surface area contributed by atoms with Gasteiger partial charge in [-0.25, -0.2) is 8.42 Å². The van der Waals surface area contributed by atoms with Crippen molar-refractivity contribution in [2.45, 2.75) is 63.2 Å². The Morgan fingerprint density at radius 3 is 2.13 bits per heavy atom. The van der Waals surface area contributed by atoms with E-state index in [0.29, 0.717) is 0 Å². The van der Waals surface area contributed by atoms with Crippen molar-refractivity contribution in [1.29, 1.82) is 0 Å². The van der Waals surface area contributed by atoms with Gasteiger partial charge in [0.1, 0.15) is 0 Å². The Morgan fingerprint density at radius 2 is 1.65 bits per heavy atom. The zero-order chi connectivity index (χ0) is 23.6. The van der Waals surface area contributed by atoms with Crippen molar-refractivity contribution in [3.63, 3.8) is 0 Å². The molecule has 0 aromatic heterocycles. The lowest BCUT2D eigenvalue weighted by atomic mass is 9.72. The van der Waals surface area contributed by atoms with Crippen molar-refractivity contribution in [1.82, 2.24) is 9.62 Å². The van der Waals surface area contributed by atoms with Crippen molar-refractivity contribution < 1.29 is 31.2 Å². The topological polar surface area (TPSA) is 110 Å². The largest absolute Gasteiger partial charge is 0.421 e. The number of allylic oxidation sites excluding steroid dienone is 1. The minimum Gasteiger partial charge on any atom is -0.399 e. The maximum atomic E-state index is 14.6. The van der Waals surface area contributed by atoms with Gasteiger partial charge in [0.2, 0.25) is 15.6 Å². The number of anilines is 1. The average Bonchev–Trinajstić information content (AvgIpc) is 2.82. The Morgan fingerprint density at radius 1 is 1.10 bits per heavy atom. The van der Waals surface area contributed by atoms with Crippen LogP contribution in [0.4, 0.5) is 18.9 Å². The van der Waals surface area contributed by atoms with Gasteiger partial charge in [-0.3, -0.25) is 9.59 Å². The number of nitrogens with one attached hydrogen (secondary N) is 1. The highest BCUT2D eigenvalue weighted by Crippen LogP contribution is 2.52. The van der Waals surface area contributed by atoms with Crippen LogP contribution in [0.3, 0.4) is 0 Å². The van der Waals surface area contributed by atoms with Gasteiger partial charge in [-0.05, 0) is 49.9 Å². The number of sulfonamides is 1. The number of ketones is 1. The molecule has 3 N–H and O–H groups in total. The summed E-state index contributed by atoms with van der Waals surface area (Å²) < 4.78 is 71.1. The van der Waals surface area contributed by atoms with E-state index < -0.39 is 55.4 Å². The summed E-state index contributed by atoms with van der Waals surface area (Å²) in [6, 6.07) is 3.77. The van der Waals surface area contributed by atoms with E-state index in [1.807, 2.05) is 0 Å². The number of nitrogen functional groups attached to an aromatic ring is 1. The molecule has 170 valence electrons. The molecular weight excluding hydrogens is 435 g/mol. The highest BCUT2D eigenvalue weighted by Gasteiger charge is 2.72. The first-order valence-electron chi connectivity index (χ1n) is 9.60. The Labute approximate surface area is 178 Å². The molecule has 1 aliphatic heterocycles. The van der Waals surface area contributed by atoms with Crippen LogP contribution < -0.4 is 10.5 Å².